The molecule has 0 radical (unpaired) electrons. The van der Waals surface area contributed by atoms with Crippen LogP contribution in [0, 0.1) is 0 Å². The fourth-order valence-corrected chi connectivity index (χ4v) is 1.86. The van der Waals surface area contributed by atoms with E-state index < -0.39 is 40.7 Å². The molecule has 0 saturated carbocycles. The lowest BCUT2D eigenvalue weighted by molar-refractivity contribution is -0.143. The van der Waals surface area contributed by atoms with Crippen LogP contribution in [0.1, 0.15) is 23.2 Å². The molecule has 0 aromatic carbocycles. The Bertz CT molecular complexity index is 475. The van der Waals surface area contributed by atoms with Gasteiger partial charge >= 0.3 is 12.1 Å². The van der Waals surface area contributed by atoms with Crippen molar-refractivity contribution in [2.45, 2.75) is 19.0 Å². The zero-order valence-electron chi connectivity index (χ0n) is 8.43. The van der Waals surface area contributed by atoms with Crippen molar-refractivity contribution in [3.63, 3.8) is 0 Å². The second-order valence-electron chi connectivity index (χ2n) is 3.23. The van der Waals surface area contributed by atoms with E-state index in [1.807, 2.05) is 0 Å². The fraction of sp³-hybridized carbons (Fsp3) is 0.333. The SMILES string of the molecule is O=C(O)Cc1cnc(C(F)(F)F)c(C(F)F)c1Br. The van der Waals surface area contributed by atoms with Crippen LogP contribution in [0.15, 0.2) is 10.7 Å². The van der Waals surface area contributed by atoms with Gasteiger partial charge in [-0.3, -0.25) is 9.78 Å². The number of carboxylic acid groups (broad SMARTS) is 1. The highest BCUT2D eigenvalue weighted by atomic mass is 79.9. The zero-order chi connectivity index (χ0) is 14.1. The lowest BCUT2D eigenvalue weighted by Crippen LogP contribution is -2.15. The van der Waals surface area contributed by atoms with Crippen LogP contribution < -0.4 is 0 Å². The molecule has 3 nitrogen and oxygen atoms in total. The summed E-state index contributed by atoms with van der Waals surface area (Å²) in [5.74, 6) is -1.36. The van der Waals surface area contributed by atoms with Crippen LogP contribution in [-0.4, -0.2) is 16.1 Å². The molecule has 9 heteroatoms. The molecule has 0 aliphatic carbocycles. The topological polar surface area (TPSA) is 50.2 Å². The van der Waals surface area contributed by atoms with Crippen LogP contribution in [0.25, 0.3) is 0 Å². The van der Waals surface area contributed by atoms with Gasteiger partial charge in [0.2, 0.25) is 0 Å². The predicted molar refractivity (Wildman–Crippen MR) is 53.2 cm³/mol. The molecule has 1 N–H and O–H groups in total. The van der Waals surface area contributed by atoms with Crippen molar-refractivity contribution >= 4 is 21.9 Å². The smallest absolute Gasteiger partial charge is 0.433 e. The van der Waals surface area contributed by atoms with E-state index in [1.54, 1.807) is 0 Å². The quantitative estimate of drug-likeness (QED) is 0.862. The van der Waals surface area contributed by atoms with Crippen LogP contribution in [0.5, 0.6) is 0 Å². The van der Waals surface area contributed by atoms with E-state index >= 15 is 0 Å². The average Bonchev–Trinajstić information content (AvgIpc) is 2.17. The first-order valence-electron chi connectivity index (χ1n) is 4.39. The fourth-order valence-electron chi connectivity index (χ4n) is 1.26. The first-order valence-corrected chi connectivity index (χ1v) is 5.18. The molecule has 100 valence electrons. The second-order valence-corrected chi connectivity index (χ2v) is 4.02. The first-order chi connectivity index (χ1) is 8.14. The Morgan fingerprint density at radius 3 is 2.39 bits per heavy atom. The Balaban J connectivity index is 3.42. The summed E-state index contributed by atoms with van der Waals surface area (Å²) < 4.78 is 62.0. The van der Waals surface area contributed by atoms with Gasteiger partial charge < -0.3 is 5.11 Å². The van der Waals surface area contributed by atoms with Crippen molar-refractivity contribution in [3.05, 3.63) is 27.5 Å². The highest BCUT2D eigenvalue weighted by Crippen LogP contribution is 2.39. The van der Waals surface area contributed by atoms with Gasteiger partial charge in [0.1, 0.15) is 0 Å². The third-order valence-corrected chi connectivity index (χ3v) is 2.89. The number of carboxylic acids is 1. The number of hydrogen-bond acceptors (Lipinski definition) is 2. The van der Waals surface area contributed by atoms with Gasteiger partial charge in [0.05, 0.1) is 12.0 Å². The summed E-state index contributed by atoms with van der Waals surface area (Å²) in [5, 5.41) is 8.49. The number of aliphatic carboxylic acids is 1. The number of nitrogens with zero attached hydrogens (tertiary/aromatic N) is 1. The highest BCUT2D eigenvalue weighted by Gasteiger charge is 2.39. The van der Waals surface area contributed by atoms with Gasteiger partial charge in [-0.1, -0.05) is 0 Å². The van der Waals surface area contributed by atoms with E-state index in [0.717, 1.165) is 0 Å². The van der Waals surface area contributed by atoms with Gasteiger partial charge in [-0.2, -0.15) is 13.2 Å². The molecule has 0 aliphatic rings. The normalized spacial score (nSPS) is 11.9. The van der Waals surface area contributed by atoms with Crippen molar-refractivity contribution in [1.82, 2.24) is 4.98 Å². The Kier molecular flexibility index (Phi) is 4.25. The number of carbonyl (C=O) groups is 1. The van der Waals surface area contributed by atoms with Crippen LogP contribution in [-0.2, 0) is 17.4 Å². The second kappa shape index (κ2) is 5.17. The Labute approximate surface area is 106 Å². The summed E-state index contributed by atoms with van der Waals surface area (Å²) in [6.45, 7) is 0. The van der Waals surface area contributed by atoms with Crippen molar-refractivity contribution in [2.75, 3.05) is 0 Å². The minimum atomic E-state index is -5.03. The van der Waals surface area contributed by atoms with Crippen LogP contribution >= 0.6 is 15.9 Å². The summed E-state index contributed by atoms with van der Waals surface area (Å²) in [5.41, 5.74) is -3.31. The van der Waals surface area contributed by atoms with Crippen molar-refractivity contribution in [1.29, 1.82) is 0 Å². The number of rotatable bonds is 3. The molecule has 1 rings (SSSR count). The molecule has 0 aliphatic heterocycles. The minimum Gasteiger partial charge on any atom is -0.481 e. The molecule has 0 bridgehead atoms. The summed E-state index contributed by atoms with van der Waals surface area (Å²) in [6.07, 6.45) is -8.54. The number of halogens is 6. The van der Waals surface area contributed by atoms with Gasteiger partial charge in [-0.25, -0.2) is 8.78 Å². The van der Waals surface area contributed by atoms with E-state index in [-0.39, 0.29) is 5.56 Å². The van der Waals surface area contributed by atoms with E-state index in [1.165, 1.54) is 0 Å². The number of pyridine rings is 1. The molecular formula is C9H5BrF5NO2. The maximum absolute atomic E-state index is 12.6. The van der Waals surface area contributed by atoms with Gasteiger partial charge in [0, 0.05) is 10.7 Å². The molecule has 0 atom stereocenters. The van der Waals surface area contributed by atoms with E-state index in [4.69, 9.17) is 5.11 Å². The van der Waals surface area contributed by atoms with Crippen molar-refractivity contribution < 1.29 is 31.9 Å². The average molecular weight is 334 g/mol. The number of alkyl halides is 5. The summed E-state index contributed by atoms with van der Waals surface area (Å²) in [6, 6.07) is 0. The molecule has 1 aromatic heterocycles. The minimum absolute atomic E-state index is 0.245. The van der Waals surface area contributed by atoms with E-state index in [2.05, 4.69) is 20.9 Å². The largest absolute Gasteiger partial charge is 0.481 e. The number of hydrogen-bond donors (Lipinski definition) is 1. The molecule has 1 heterocycles. The molecule has 0 saturated heterocycles. The predicted octanol–water partition coefficient (Wildman–Crippen LogP) is 3.43. The summed E-state index contributed by atoms with van der Waals surface area (Å²) in [7, 11) is 0. The lowest BCUT2D eigenvalue weighted by Gasteiger charge is -2.14. The van der Waals surface area contributed by atoms with Crippen LogP contribution in [0.2, 0.25) is 0 Å². The lowest BCUT2D eigenvalue weighted by atomic mass is 10.1. The van der Waals surface area contributed by atoms with Gasteiger partial charge in [0.25, 0.3) is 6.43 Å². The van der Waals surface area contributed by atoms with Gasteiger partial charge in [0.15, 0.2) is 5.69 Å². The van der Waals surface area contributed by atoms with Gasteiger partial charge in [-0.05, 0) is 21.5 Å². The summed E-state index contributed by atoms with van der Waals surface area (Å²) >= 11 is 2.57. The third kappa shape index (κ3) is 3.15. The standard InChI is InChI=1S/C9H5BrF5NO2/c10-6-3(1-4(17)18)2-16-7(9(13,14)15)5(6)8(11)12/h2,8H,1H2,(H,17,18). The maximum atomic E-state index is 12.6. The Morgan fingerprint density at radius 2 is 2.00 bits per heavy atom. The summed E-state index contributed by atoms with van der Waals surface area (Å²) in [4.78, 5) is 13.3. The molecule has 18 heavy (non-hydrogen) atoms. The van der Waals surface area contributed by atoms with E-state index in [9.17, 15) is 26.7 Å². The van der Waals surface area contributed by atoms with Crippen molar-refractivity contribution in [3.8, 4) is 0 Å². The van der Waals surface area contributed by atoms with Crippen molar-refractivity contribution in [2.24, 2.45) is 0 Å². The molecule has 1 aromatic rings. The molecule has 0 spiro atoms. The monoisotopic (exact) mass is 333 g/mol. The van der Waals surface area contributed by atoms with Gasteiger partial charge in [-0.15, -0.1) is 0 Å². The third-order valence-electron chi connectivity index (χ3n) is 1.95. The Hall–Kier alpha value is -1.25. The number of aromatic nitrogens is 1. The molecular weight excluding hydrogens is 329 g/mol. The van der Waals surface area contributed by atoms with E-state index in [0.29, 0.717) is 6.20 Å². The molecule has 0 fully saturated rings. The maximum Gasteiger partial charge on any atom is 0.433 e. The zero-order valence-corrected chi connectivity index (χ0v) is 10.0. The highest BCUT2D eigenvalue weighted by molar-refractivity contribution is 9.10. The Morgan fingerprint density at radius 1 is 1.44 bits per heavy atom. The van der Waals surface area contributed by atoms with Crippen LogP contribution in [0.3, 0.4) is 0 Å². The molecule has 0 amide bonds. The first kappa shape index (κ1) is 14.8. The van der Waals surface area contributed by atoms with Crippen LogP contribution in [0.4, 0.5) is 22.0 Å². The molecule has 0 unspecified atom stereocenters.